The van der Waals surface area contributed by atoms with Crippen LogP contribution in [0.2, 0.25) is 5.02 Å². The Balaban J connectivity index is 2.46. The maximum Gasteiger partial charge on any atom is 0.317 e. The third kappa shape index (κ3) is 4.90. The van der Waals surface area contributed by atoms with Crippen LogP contribution in [0.4, 0.5) is 4.79 Å². The number of methoxy groups -OCH3 is 1. The fourth-order valence-electron chi connectivity index (χ4n) is 1.80. The molecule has 112 valence electrons. The molecule has 0 saturated heterocycles. The van der Waals surface area contributed by atoms with Crippen molar-refractivity contribution in [2.24, 2.45) is 0 Å². The first-order valence-electron chi connectivity index (χ1n) is 6.58. The van der Waals surface area contributed by atoms with Crippen molar-refractivity contribution in [2.75, 3.05) is 33.4 Å². The standard InChI is InChI=1S/C14H21ClN2O3/c1-3-17(8-9-18)14(19)16-7-6-11-4-5-12(20-2)10-13(11)15/h4-5,10,18H,3,6-9H2,1-2H3,(H,16,19). The summed E-state index contributed by atoms with van der Waals surface area (Å²) in [5.41, 5.74) is 0.956. The first-order chi connectivity index (χ1) is 9.62. The Bertz CT molecular complexity index is 440. The van der Waals surface area contributed by atoms with Crippen molar-refractivity contribution in [1.82, 2.24) is 10.2 Å². The Kier molecular flexibility index (Phi) is 7.18. The number of hydrogen-bond acceptors (Lipinski definition) is 3. The van der Waals surface area contributed by atoms with Crippen LogP contribution < -0.4 is 10.1 Å². The van der Waals surface area contributed by atoms with Crippen LogP contribution in [0.25, 0.3) is 0 Å². The van der Waals surface area contributed by atoms with Gasteiger partial charge >= 0.3 is 6.03 Å². The van der Waals surface area contributed by atoms with Gasteiger partial charge in [-0.2, -0.15) is 0 Å². The summed E-state index contributed by atoms with van der Waals surface area (Å²) in [6.45, 7) is 3.23. The molecule has 1 aromatic carbocycles. The highest BCUT2D eigenvalue weighted by molar-refractivity contribution is 6.31. The van der Waals surface area contributed by atoms with Gasteiger partial charge in [0.1, 0.15) is 5.75 Å². The maximum atomic E-state index is 11.8. The molecule has 0 unspecified atom stereocenters. The Morgan fingerprint density at radius 3 is 2.80 bits per heavy atom. The first-order valence-corrected chi connectivity index (χ1v) is 6.96. The minimum Gasteiger partial charge on any atom is -0.497 e. The lowest BCUT2D eigenvalue weighted by Crippen LogP contribution is -2.42. The van der Waals surface area contributed by atoms with Crippen molar-refractivity contribution in [3.8, 4) is 5.75 Å². The fraction of sp³-hybridized carbons (Fsp3) is 0.500. The predicted octanol–water partition coefficient (Wildman–Crippen LogP) is 1.91. The van der Waals surface area contributed by atoms with Gasteiger partial charge in [0.05, 0.1) is 13.7 Å². The molecule has 1 rings (SSSR count). The number of amides is 2. The number of hydrogen-bond donors (Lipinski definition) is 2. The highest BCUT2D eigenvalue weighted by Gasteiger charge is 2.10. The van der Waals surface area contributed by atoms with Gasteiger partial charge in [-0.25, -0.2) is 4.79 Å². The number of halogens is 1. The number of urea groups is 1. The topological polar surface area (TPSA) is 61.8 Å². The molecule has 0 bridgehead atoms. The van der Waals surface area contributed by atoms with Gasteiger partial charge in [0.15, 0.2) is 0 Å². The number of carbonyl (C=O) groups is 1. The van der Waals surface area contributed by atoms with E-state index in [2.05, 4.69) is 5.32 Å². The number of ether oxygens (including phenoxy) is 1. The number of benzene rings is 1. The molecule has 6 heteroatoms. The van der Waals surface area contributed by atoms with Crippen molar-refractivity contribution in [1.29, 1.82) is 0 Å². The summed E-state index contributed by atoms with van der Waals surface area (Å²) in [6.07, 6.45) is 0.644. The number of aliphatic hydroxyl groups is 1. The second-order valence-electron chi connectivity index (χ2n) is 4.24. The molecule has 0 aliphatic heterocycles. The lowest BCUT2D eigenvalue weighted by atomic mass is 10.1. The van der Waals surface area contributed by atoms with E-state index in [0.29, 0.717) is 36.8 Å². The maximum absolute atomic E-state index is 11.8. The molecule has 0 spiro atoms. The van der Waals surface area contributed by atoms with Crippen molar-refractivity contribution in [2.45, 2.75) is 13.3 Å². The summed E-state index contributed by atoms with van der Waals surface area (Å²) >= 11 is 6.13. The molecule has 5 nitrogen and oxygen atoms in total. The van der Waals surface area contributed by atoms with E-state index in [1.807, 2.05) is 19.1 Å². The van der Waals surface area contributed by atoms with E-state index >= 15 is 0 Å². The van der Waals surface area contributed by atoms with E-state index in [1.54, 1.807) is 18.1 Å². The molecule has 0 fully saturated rings. The Labute approximate surface area is 124 Å². The molecule has 20 heavy (non-hydrogen) atoms. The van der Waals surface area contributed by atoms with E-state index < -0.39 is 0 Å². The van der Waals surface area contributed by atoms with E-state index in [9.17, 15) is 4.79 Å². The molecule has 0 aromatic heterocycles. The smallest absolute Gasteiger partial charge is 0.317 e. The number of rotatable bonds is 7. The first kappa shape index (κ1) is 16.6. The van der Waals surface area contributed by atoms with Gasteiger partial charge in [0, 0.05) is 24.7 Å². The zero-order valence-corrected chi connectivity index (χ0v) is 12.6. The molecule has 2 N–H and O–H groups in total. The van der Waals surface area contributed by atoms with Crippen molar-refractivity contribution in [3.05, 3.63) is 28.8 Å². The third-order valence-corrected chi connectivity index (χ3v) is 3.32. The second-order valence-corrected chi connectivity index (χ2v) is 4.65. The summed E-state index contributed by atoms with van der Waals surface area (Å²) in [6, 6.07) is 5.31. The van der Waals surface area contributed by atoms with E-state index in [0.717, 1.165) is 5.56 Å². The van der Waals surface area contributed by atoms with Crippen LogP contribution in [-0.4, -0.2) is 49.4 Å². The minimum atomic E-state index is -0.175. The number of nitrogens with one attached hydrogen (secondary N) is 1. The van der Waals surface area contributed by atoms with Gasteiger partial charge in [0.25, 0.3) is 0 Å². The largest absolute Gasteiger partial charge is 0.497 e. The number of likely N-dealkylation sites (N-methyl/N-ethyl adjacent to an activating group) is 1. The van der Waals surface area contributed by atoms with Crippen molar-refractivity contribution in [3.63, 3.8) is 0 Å². The molecule has 0 aliphatic rings. The quantitative estimate of drug-likeness (QED) is 0.808. The van der Waals surface area contributed by atoms with Crippen molar-refractivity contribution < 1.29 is 14.6 Å². The average molecular weight is 301 g/mol. The van der Waals surface area contributed by atoms with Gasteiger partial charge < -0.3 is 20.1 Å². The molecule has 0 aliphatic carbocycles. The average Bonchev–Trinajstić information content (AvgIpc) is 2.46. The summed E-state index contributed by atoms with van der Waals surface area (Å²) in [5, 5.41) is 12.3. The van der Waals surface area contributed by atoms with Gasteiger partial charge in [-0.05, 0) is 31.0 Å². The molecular formula is C14H21ClN2O3. The second kappa shape index (κ2) is 8.66. The van der Waals surface area contributed by atoms with Crippen LogP contribution in [0.3, 0.4) is 0 Å². The van der Waals surface area contributed by atoms with E-state index in [4.69, 9.17) is 21.4 Å². The Morgan fingerprint density at radius 1 is 1.50 bits per heavy atom. The number of carbonyl (C=O) groups excluding carboxylic acids is 1. The highest BCUT2D eigenvalue weighted by atomic mass is 35.5. The van der Waals surface area contributed by atoms with Gasteiger partial charge in [0.2, 0.25) is 0 Å². The molecule has 0 atom stereocenters. The zero-order chi connectivity index (χ0) is 15.0. The summed E-state index contributed by atoms with van der Waals surface area (Å²) in [5.74, 6) is 0.711. The van der Waals surface area contributed by atoms with Crippen LogP contribution in [-0.2, 0) is 6.42 Å². The lowest BCUT2D eigenvalue weighted by molar-refractivity contribution is 0.180. The molecule has 0 radical (unpaired) electrons. The van der Waals surface area contributed by atoms with Gasteiger partial charge in [-0.3, -0.25) is 0 Å². The third-order valence-electron chi connectivity index (χ3n) is 2.97. The zero-order valence-electron chi connectivity index (χ0n) is 11.9. The predicted molar refractivity (Wildman–Crippen MR) is 79.4 cm³/mol. The van der Waals surface area contributed by atoms with Gasteiger partial charge in [-0.15, -0.1) is 0 Å². The van der Waals surface area contributed by atoms with Crippen LogP contribution in [0, 0.1) is 0 Å². The number of nitrogens with zero attached hydrogens (tertiary/aromatic N) is 1. The Hall–Kier alpha value is -1.46. The normalized spacial score (nSPS) is 10.2. The fourth-order valence-corrected chi connectivity index (χ4v) is 2.06. The van der Waals surface area contributed by atoms with E-state index in [1.165, 1.54) is 0 Å². The highest BCUT2D eigenvalue weighted by Crippen LogP contribution is 2.22. The van der Waals surface area contributed by atoms with Crippen molar-refractivity contribution >= 4 is 17.6 Å². The van der Waals surface area contributed by atoms with Crippen LogP contribution in [0.1, 0.15) is 12.5 Å². The molecule has 0 heterocycles. The molecule has 0 saturated carbocycles. The summed E-state index contributed by atoms with van der Waals surface area (Å²) in [7, 11) is 1.59. The van der Waals surface area contributed by atoms with E-state index in [-0.39, 0.29) is 12.6 Å². The molecular weight excluding hydrogens is 280 g/mol. The lowest BCUT2D eigenvalue weighted by Gasteiger charge is -2.20. The monoisotopic (exact) mass is 300 g/mol. The summed E-state index contributed by atoms with van der Waals surface area (Å²) < 4.78 is 5.08. The van der Waals surface area contributed by atoms with Gasteiger partial charge in [-0.1, -0.05) is 17.7 Å². The molecule has 2 amide bonds. The van der Waals surface area contributed by atoms with Crippen LogP contribution in [0.15, 0.2) is 18.2 Å². The summed E-state index contributed by atoms with van der Waals surface area (Å²) in [4.78, 5) is 13.3. The number of aliphatic hydroxyl groups excluding tert-OH is 1. The van der Waals surface area contributed by atoms with Crippen LogP contribution in [0.5, 0.6) is 5.75 Å². The Morgan fingerprint density at radius 2 is 2.25 bits per heavy atom. The minimum absolute atomic E-state index is 0.0361. The SMILES string of the molecule is CCN(CCO)C(=O)NCCc1ccc(OC)cc1Cl. The molecule has 1 aromatic rings. The van der Waals surface area contributed by atoms with Crippen LogP contribution >= 0.6 is 11.6 Å².